The Morgan fingerprint density at radius 1 is 1.05 bits per heavy atom. The summed E-state index contributed by atoms with van der Waals surface area (Å²) in [5.74, 6) is 1.56. The maximum Gasteiger partial charge on any atom is 0.330 e. The van der Waals surface area contributed by atoms with Crippen molar-refractivity contribution in [2.75, 3.05) is 43.4 Å². The molecule has 0 unspecified atom stereocenters. The summed E-state index contributed by atoms with van der Waals surface area (Å²) in [6.45, 7) is 3.87. The molecule has 0 spiro atoms. The van der Waals surface area contributed by atoms with Crippen molar-refractivity contribution in [3.8, 4) is 17.3 Å². The minimum atomic E-state index is -0.346. The van der Waals surface area contributed by atoms with E-state index in [-0.39, 0.29) is 24.1 Å². The third-order valence-corrected chi connectivity index (χ3v) is 7.61. The molecule has 6 aromatic rings. The molecule has 0 bridgehead atoms. The first-order valence-corrected chi connectivity index (χ1v) is 13.8. The summed E-state index contributed by atoms with van der Waals surface area (Å²) in [7, 11) is 3.45. The van der Waals surface area contributed by atoms with Crippen LogP contribution < -0.4 is 21.1 Å². The maximum atomic E-state index is 15.0. The largest absolute Gasteiger partial charge is 0.485 e. The molecule has 0 atom stereocenters. The van der Waals surface area contributed by atoms with Crippen molar-refractivity contribution in [3.63, 3.8) is 0 Å². The van der Waals surface area contributed by atoms with Gasteiger partial charge >= 0.3 is 5.69 Å². The van der Waals surface area contributed by atoms with E-state index in [9.17, 15) is 4.79 Å². The molecule has 222 valence electrons. The van der Waals surface area contributed by atoms with Crippen LogP contribution in [0.2, 0.25) is 0 Å². The molecule has 0 saturated carbocycles. The number of nitrogens with zero attached hydrogens (tertiary/aromatic N) is 11. The molecular formula is C27H29FN12O3. The van der Waals surface area contributed by atoms with E-state index in [2.05, 4.69) is 30.0 Å². The molecular weight excluding hydrogens is 559 g/mol. The van der Waals surface area contributed by atoms with Gasteiger partial charge in [0.2, 0.25) is 11.8 Å². The van der Waals surface area contributed by atoms with Gasteiger partial charge in [-0.25, -0.2) is 19.2 Å². The second-order valence-electron chi connectivity index (χ2n) is 10.3. The summed E-state index contributed by atoms with van der Waals surface area (Å²) in [4.78, 5) is 30.7. The average Bonchev–Trinajstić information content (AvgIpc) is 3.80. The van der Waals surface area contributed by atoms with Crippen molar-refractivity contribution in [1.29, 1.82) is 0 Å². The molecule has 1 saturated heterocycles. The molecule has 1 aliphatic heterocycles. The number of nitrogens with two attached hydrogens (primary N) is 1. The number of halogens is 1. The summed E-state index contributed by atoms with van der Waals surface area (Å²) >= 11 is 0. The molecule has 15 nitrogen and oxygen atoms in total. The summed E-state index contributed by atoms with van der Waals surface area (Å²) in [6, 6.07) is 8.38. The van der Waals surface area contributed by atoms with E-state index in [1.165, 1.54) is 21.4 Å². The minimum absolute atomic E-state index is 0.118. The fourth-order valence-corrected chi connectivity index (χ4v) is 5.39. The number of imidazole rings is 1. The van der Waals surface area contributed by atoms with E-state index >= 15 is 4.39 Å². The SMILES string of the molecule is Cn1cnc(COc2ccc(N3CCN(CCn4c(=O)n(C)c5c4nc(N)n4nc(-c6ccco6)nc54)CC3)c(F)c2)n1. The minimum Gasteiger partial charge on any atom is -0.485 e. The number of rotatable bonds is 8. The molecule has 1 aliphatic rings. The van der Waals surface area contributed by atoms with Crippen LogP contribution in [0.3, 0.4) is 0 Å². The standard InChI is InChI=1S/C27H29FN12O3/c1-35-16-30-21(33-35)15-43-17-5-6-19(18(28)14-17)38-10-7-37(8-11-38)9-12-39-24-22(36(2)27(39)41)25-31-23(20-4-3-13-42-20)34-40(25)26(29)32-24/h3-6,13-14,16H,7-12,15H2,1-2H3,(H2,29,32). The van der Waals surface area contributed by atoms with E-state index < -0.39 is 0 Å². The third kappa shape index (κ3) is 4.84. The first-order valence-electron chi connectivity index (χ1n) is 13.8. The molecule has 7 rings (SSSR count). The monoisotopic (exact) mass is 588 g/mol. The predicted molar refractivity (Wildman–Crippen MR) is 154 cm³/mol. The van der Waals surface area contributed by atoms with Gasteiger partial charge in [0, 0.05) is 59.4 Å². The van der Waals surface area contributed by atoms with Crippen LogP contribution in [0, 0.1) is 5.82 Å². The van der Waals surface area contributed by atoms with Crippen molar-refractivity contribution >= 4 is 28.4 Å². The number of fused-ring (bicyclic) bond motifs is 3. The molecule has 6 heterocycles. The molecule has 0 radical (unpaired) electrons. The van der Waals surface area contributed by atoms with Gasteiger partial charge in [0.1, 0.15) is 30.0 Å². The fraction of sp³-hybridized carbons (Fsp3) is 0.333. The Labute approximate surface area is 243 Å². The van der Waals surface area contributed by atoms with Gasteiger partial charge in [-0.15, -0.1) is 5.10 Å². The molecule has 0 amide bonds. The van der Waals surface area contributed by atoms with Gasteiger partial charge in [-0.05, 0) is 24.3 Å². The number of aryl methyl sites for hydroxylation is 2. The Bertz CT molecular complexity index is 1980. The summed E-state index contributed by atoms with van der Waals surface area (Å²) in [5.41, 5.74) is 7.93. The topological polar surface area (TPSA) is 156 Å². The van der Waals surface area contributed by atoms with Crippen LogP contribution in [0.15, 0.2) is 52.1 Å². The quantitative estimate of drug-likeness (QED) is 0.273. The predicted octanol–water partition coefficient (Wildman–Crippen LogP) is 1.29. The molecule has 2 N–H and O–H groups in total. The van der Waals surface area contributed by atoms with Gasteiger partial charge < -0.3 is 19.8 Å². The summed E-state index contributed by atoms with van der Waals surface area (Å²) < 4.78 is 32.2. The number of piperazine rings is 1. The highest BCUT2D eigenvalue weighted by molar-refractivity contribution is 5.88. The first kappa shape index (κ1) is 26.6. The molecule has 5 aromatic heterocycles. The number of nitrogen functional groups attached to an aromatic ring is 1. The van der Waals surface area contributed by atoms with Crippen molar-refractivity contribution in [1.82, 2.24) is 48.4 Å². The van der Waals surface area contributed by atoms with E-state index in [0.29, 0.717) is 84.9 Å². The highest BCUT2D eigenvalue weighted by Gasteiger charge is 2.24. The van der Waals surface area contributed by atoms with E-state index in [1.54, 1.807) is 53.9 Å². The number of aromatic nitrogens is 9. The highest BCUT2D eigenvalue weighted by atomic mass is 19.1. The first-order chi connectivity index (χ1) is 20.9. The van der Waals surface area contributed by atoms with Crippen molar-refractivity contribution < 1.29 is 13.5 Å². The number of hydrogen-bond donors (Lipinski definition) is 1. The number of benzene rings is 1. The second kappa shape index (κ2) is 10.5. The Hall–Kier alpha value is -5.25. The summed E-state index contributed by atoms with van der Waals surface area (Å²) in [6.07, 6.45) is 3.12. The van der Waals surface area contributed by atoms with Gasteiger partial charge in [-0.3, -0.25) is 18.7 Å². The lowest BCUT2D eigenvalue weighted by atomic mass is 10.2. The Morgan fingerprint density at radius 2 is 1.88 bits per heavy atom. The van der Waals surface area contributed by atoms with Crippen LogP contribution >= 0.6 is 0 Å². The van der Waals surface area contributed by atoms with Crippen LogP contribution in [0.1, 0.15) is 5.82 Å². The molecule has 0 aliphatic carbocycles. The maximum absolute atomic E-state index is 15.0. The van der Waals surface area contributed by atoms with Crippen molar-refractivity contribution in [3.05, 3.63) is 65.0 Å². The lowest BCUT2D eigenvalue weighted by molar-refractivity contribution is 0.247. The zero-order valence-corrected chi connectivity index (χ0v) is 23.6. The lowest BCUT2D eigenvalue weighted by Gasteiger charge is -2.36. The van der Waals surface area contributed by atoms with Gasteiger partial charge in [0.25, 0.3) is 0 Å². The summed E-state index contributed by atoms with van der Waals surface area (Å²) in [5, 5.41) is 8.58. The van der Waals surface area contributed by atoms with Crippen LogP contribution in [0.5, 0.6) is 5.75 Å². The molecule has 16 heteroatoms. The smallest absolute Gasteiger partial charge is 0.330 e. The number of anilines is 2. The Kier molecular flexibility index (Phi) is 6.53. The van der Waals surface area contributed by atoms with Crippen LogP contribution in [-0.4, -0.2) is 81.1 Å². The number of furan rings is 1. The van der Waals surface area contributed by atoms with Gasteiger partial charge in [-0.2, -0.15) is 14.6 Å². The van der Waals surface area contributed by atoms with Crippen LogP contribution in [0.25, 0.3) is 28.4 Å². The Balaban J connectivity index is 1.02. The van der Waals surface area contributed by atoms with Gasteiger partial charge in [0.05, 0.1) is 12.0 Å². The van der Waals surface area contributed by atoms with Crippen LogP contribution in [0.4, 0.5) is 16.0 Å². The van der Waals surface area contributed by atoms with Crippen LogP contribution in [-0.2, 0) is 27.2 Å². The Morgan fingerprint density at radius 3 is 2.60 bits per heavy atom. The molecule has 1 fully saturated rings. The fourth-order valence-electron chi connectivity index (χ4n) is 5.39. The average molecular weight is 589 g/mol. The number of hydrogen-bond acceptors (Lipinski definition) is 11. The van der Waals surface area contributed by atoms with Crippen molar-refractivity contribution in [2.24, 2.45) is 14.1 Å². The van der Waals surface area contributed by atoms with E-state index in [1.807, 2.05) is 4.90 Å². The van der Waals surface area contributed by atoms with E-state index in [4.69, 9.17) is 14.9 Å². The second-order valence-corrected chi connectivity index (χ2v) is 10.3. The zero-order chi connectivity index (χ0) is 29.7. The molecule has 1 aromatic carbocycles. The van der Waals surface area contributed by atoms with E-state index in [0.717, 1.165) is 0 Å². The van der Waals surface area contributed by atoms with Crippen molar-refractivity contribution in [2.45, 2.75) is 13.2 Å². The van der Waals surface area contributed by atoms with Gasteiger partial charge in [0.15, 0.2) is 22.9 Å². The number of ether oxygens (including phenoxy) is 1. The lowest BCUT2D eigenvalue weighted by Crippen LogP contribution is -2.47. The zero-order valence-electron chi connectivity index (χ0n) is 23.6. The highest BCUT2D eigenvalue weighted by Crippen LogP contribution is 2.26. The van der Waals surface area contributed by atoms with Gasteiger partial charge in [-0.1, -0.05) is 0 Å². The third-order valence-electron chi connectivity index (χ3n) is 7.61. The normalized spacial score (nSPS) is 14.3. The molecule has 43 heavy (non-hydrogen) atoms.